The van der Waals surface area contributed by atoms with E-state index >= 15 is 0 Å². The van der Waals surface area contributed by atoms with Gasteiger partial charge in [0.15, 0.2) is 0 Å². The average Bonchev–Trinajstić information content (AvgIpc) is 1.41. The molecule has 0 atom stereocenters. The Morgan fingerprint density at radius 3 is 0.438 bits per heavy atom. The maximum atomic E-state index is 10.1. The van der Waals surface area contributed by atoms with Crippen LogP contribution in [0.5, 0.6) is 0 Å². The van der Waals surface area contributed by atoms with Crippen LogP contribution in [-0.2, 0) is 0 Å². The van der Waals surface area contributed by atoms with Gasteiger partial charge in [-0.3, -0.25) is 0 Å². The average molecular weight is 370 g/mol. The van der Waals surface area contributed by atoms with Crippen molar-refractivity contribution in [2.24, 2.45) is 0 Å². The topological polar surface area (TPSA) is 69.2 Å². The molecule has 0 amide bonds. The largest absolute Gasteiger partial charge is 3.00 e. The van der Waals surface area contributed by atoms with E-state index in [1.807, 2.05) is 0 Å². The van der Waals surface area contributed by atoms with Crippen molar-refractivity contribution >= 4 is 0 Å². The summed E-state index contributed by atoms with van der Waals surface area (Å²) in [6, 6.07) is 0. The van der Waals surface area contributed by atoms with Crippen LogP contribution in [0.2, 0.25) is 0 Å². The van der Waals surface area contributed by atoms with Crippen LogP contribution in [0, 0.1) is 40.4 Å². The molecule has 4 heteroatoms. The van der Waals surface area contributed by atoms with Crippen molar-refractivity contribution < 1.29 is 55.7 Å². The predicted molar refractivity (Wildman–Crippen MR) is 59.3 cm³/mol. The maximum absolute atomic E-state index is 10.1. The summed E-state index contributed by atoms with van der Waals surface area (Å²) >= 11 is 0. The van der Waals surface area contributed by atoms with Gasteiger partial charge in [0.1, 0.15) is 0 Å². The molecule has 0 fully saturated rings. The molecule has 0 aromatic rings. The monoisotopic (exact) mass is 371 g/mol. The molecule has 0 N–H and O–H groups in total. The van der Waals surface area contributed by atoms with Crippen molar-refractivity contribution in [2.75, 3.05) is 0 Å². The van der Waals surface area contributed by atoms with Crippen LogP contribution in [0.15, 0.2) is 0 Å². The molecule has 0 spiro atoms. The van der Waals surface area contributed by atoms with Gasteiger partial charge < -0.3 is 15.3 Å². The van der Waals surface area contributed by atoms with Crippen LogP contribution in [0.25, 0.3) is 0 Å². The van der Waals surface area contributed by atoms with Crippen LogP contribution >= 0.6 is 0 Å². The van der Waals surface area contributed by atoms with Crippen molar-refractivity contribution in [2.45, 2.75) is 79.1 Å². The maximum Gasteiger partial charge on any atom is 3.00 e. The van der Waals surface area contributed by atoms with Crippen molar-refractivity contribution in [1.82, 2.24) is 0 Å². The van der Waals surface area contributed by atoms with Gasteiger partial charge in [-0.05, 0) is 0 Å². The van der Waals surface area contributed by atoms with Crippen molar-refractivity contribution in [1.29, 1.82) is 0 Å². The van der Waals surface area contributed by atoms with Crippen LogP contribution in [-0.4, -0.2) is 16.8 Å². The van der Waals surface area contributed by atoms with E-state index in [9.17, 15) is 15.3 Å². The molecule has 0 heterocycles. The van der Waals surface area contributed by atoms with Gasteiger partial charge in [-0.15, -0.1) is 16.8 Å². The predicted octanol–water partition coefficient (Wildman–Crippen LogP) is 0.436. The quantitative estimate of drug-likeness (QED) is 0.622. The van der Waals surface area contributed by atoms with E-state index in [4.69, 9.17) is 0 Å². The van der Waals surface area contributed by atoms with Crippen LogP contribution in [0.1, 0.15) is 62.3 Å². The Morgan fingerprint density at radius 1 is 0.438 bits per heavy atom. The van der Waals surface area contributed by atoms with Gasteiger partial charge >= 0.3 is 40.4 Å². The van der Waals surface area contributed by atoms with E-state index in [1.165, 1.54) is 0 Å². The van der Waals surface area contributed by atoms with E-state index < -0.39 is 16.8 Å². The number of rotatable bonds is 0. The van der Waals surface area contributed by atoms with Gasteiger partial charge in [-0.25, -0.2) is 0 Å². The SMILES string of the molecule is CC(C)(C)[O-].CC(C)(C)[O-].CC(C)(C)[O-].[Sm+3]. The Morgan fingerprint density at radius 2 is 0.438 bits per heavy atom. The summed E-state index contributed by atoms with van der Waals surface area (Å²) in [6.45, 7) is 14.7. The minimum Gasteiger partial charge on any atom is -0.850 e. The Kier molecular flexibility index (Phi) is 16.5. The first-order valence-electron chi connectivity index (χ1n) is 5.11. The summed E-state index contributed by atoms with van der Waals surface area (Å²) in [4.78, 5) is 0. The van der Waals surface area contributed by atoms with E-state index in [-0.39, 0.29) is 40.4 Å². The molecule has 0 aromatic carbocycles. The number of hydrogen-bond acceptors (Lipinski definition) is 3. The van der Waals surface area contributed by atoms with Crippen molar-refractivity contribution in [3.05, 3.63) is 0 Å². The standard InChI is InChI=1S/3C4H9O.Sm/c3*1-4(2,3)5;/h3*1-3H3;/q3*-1;+3. The summed E-state index contributed by atoms with van der Waals surface area (Å²) in [7, 11) is 0. The molecule has 0 unspecified atom stereocenters. The first kappa shape index (κ1) is 25.9. The Balaban J connectivity index is -0.0000000655. The fraction of sp³-hybridized carbons (Fsp3) is 1.00. The third kappa shape index (κ3) is 2070. The third-order valence-corrected chi connectivity index (χ3v) is 0. The smallest absolute Gasteiger partial charge is 0.850 e. The molecular formula is C12H27O3Sm. The molecule has 16 heavy (non-hydrogen) atoms. The fourth-order valence-corrected chi connectivity index (χ4v) is 0. The Labute approximate surface area is 134 Å². The van der Waals surface area contributed by atoms with E-state index in [0.29, 0.717) is 0 Å². The zero-order valence-electron chi connectivity index (χ0n) is 12.1. The second-order valence-corrected chi connectivity index (χ2v) is 6.34. The van der Waals surface area contributed by atoms with Gasteiger partial charge in [0.2, 0.25) is 0 Å². The Hall–Kier alpha value is 1.22. The zero-order valence-corrected chi connectivity index (χ0v) is 14.8. The number of hydrogen-bond donors (Lipinski definition) is 0. The molecule has 99 valence electrons. The van der Waals surface area contributed by atoms with Crippen molar-refractivity contribution in [3.63, 3.8) is 0 Å². The fourth-order valence-electron chi connectivity index (χ4n) is 0. The summed E-state index contributed by atoms with van der Waals surface area (Å²) < 4.78 is 0. The summed E-state index contributed by atoms with van der Waals surface area (Å²) in [5, 5.41) is 30.3. The second-order valence-electron chi connectivity index (χ2n) is 6.34. The molecule has 0 aliphatic carbocycles. The molecule has 0 saturated heterocycles. The van der Waals surface area contributed by atoms with E-state index in [0.717, 1.165) is 0 Å². The third-order valence-electron chi connectivity index (χ3n) is 0. The molecule has 0 aromatic heterocycles. The molecule has 0 bridgehead atoms. The molecule has 0 aliphatic heterocycles. The molecular weight excluding hydrogens is 342 g/mol. The summed E-state index contributed by atoms with van der Waals surface area (Å²) in [5.74, 6) is 0. The van der Waals surface area contributed by atoms with Gasteiger partial charge in [0.25, 0.3) is 0 Å². The first-order valence-corrected chi connectivity index (χ1v) is 5.11. The summed E-state index contributed by atoms with van der Waals surface area (Å²) in [6.07, 6.45) is 0. The van der Waals surface area contributed by atoms with Gasteiger partial charge in [-0.1, -0.05) is 62.3 Å². The minimum atomic E-state index is -0.750. The van der Waals surface area contributed by atoms with Gasteiger partial charge in [-0.2, -0.15) is 0 Å². The normalized spacial score (nSPS) is 11.2. The molecule has 0 rings (SSSR count). The van der Waals surface area contributed by atoms with E-state index in [1.54, 1.807) is 62.3 Å². The van der Waals surface area contributed by atoms with Crippen LogP contribution in [0.4, 0.5) is 0 Å². The second kappa shape index (κ2) is 10.2. The molecule has 1 radical (unpaired) electrons. The molecule has 0 saturated carbocycles. The van der Waals surface area contributed by atoms with Crippen molar-refractivity contribution in [3.8, 4) is 0 Å². The van der Waals surface area contributed by atoms with Crippen LogP contribution in [0.3, 0.4) is 0 Å². The zero-order chi connectivity index (χ0) is 13.5. The van der Waals surface area contributed by atoms with Crippen LogP contribution < -0.4 is 15.3 Å². The first-order chi connectivity index (χ1) is 6.00. The minimum absolute atomic E-state index is 0. The summed E-state index contributed by atoms with van der Waals surface area (Å²) in [5.41, 5.74) is -2.25. The van der Waals surface area contributed by atoms with E-state index in [2.05, 4.69) is 0 Å². The van der Waals surface area contributed by atoms with Gasteiger partial charge in [0.05, 0.1) is 0 Å². The Bertz CT molecular complexity index is 91.3. The molecule has 0 aliphatic rings. The van der Waals surface area contributed by atoms with Gasteiger partial charge in [0, 0.05) is 0 Å². The molecule has 3 nitrogen and oxygen atoms in total.